The number of aryl methyl sites for hydroxylation is 2. The lowest BCUT2D eigenvalue weighted by Gasteiger charge is -2.21. The standard InChI is InChI=1S/C18H23NO3/c1-15-5-7-16(8-6-15)9-10-18(20)19(11-13-21-2)14-17-4-3-12-22-17/h3-8,12H,9-11,13-14H2,1-2H3. The van der Waals surface area contributed by atoms with Crippen LogP contribution in [0.4, 0.5) is 0 Å². The molecular formula is C18H23NO3. The zero-order valence-corrected chi connectivity index (χ0v) is 13.2. The van der Waals surface area contributed by atoms with E-state index in [9.17, 15) is 4.79 Å². The number of amides is 1. The minimum Gasteiger partial charge on any atom is -0.467 e. The molecule has 1 aromatic heterocycles. The molecule has 2 aromatic rings. The lowest BCUT2D eigenvalue weighted by Crippen LogP contribution is -2.33. The summed E-state index contributed by atoms with van der Waals surface area (Å²) in [5.74, 6) is 0.911. The van der Waals surface area contributed by atoms with Gasteiger partial charge in [0.2, 0.25) is 5.91 Å². The van der Waals surface area contributed by atoms with Crippen molar-refractivity contribution < 1.29 is 13.9 Å². The van der Waals surface area contributed by atoms with E-state index in [0.29, 0.717) is 26.1 Å². The number of carbonyl (C=O) groups excluding carboxylic acids is 1. The molecule has 22 heavy (non-hydrogen) atoms. The number of hydrogen-bond donors (Lipinski definition) is 0. The van der Waals surface area contributed by atoms with Crippen LogP contribution in [0.15, 0.2) is 47.1 Å². The lowest BCUT2D eigenvalue weighted by molar-refractivity contribution is -0.132. The Kier molecular flexibility index (Phi) is 6.22. The molecule has 2 rings (SSSR count). The minimum absolute atomic E-state index is 0.119. The van der Waals surface area contributed by atoms with Gasteiger partial charge in [-0.05, 0) is 31.0 Å². The molecule has 1 heterocycles. The molecule has 0 saturated carbocycles. The van der Waals surface area contributed by atoms with E-state index in [0.717, 1.165) is 12.2 Å². The third kappa shape index (κ3) is 5.04. The van der Waals surface area contributed by atoms with Crippen LogP contribution in [0.5, 0.6) is 0 Å². The monoisotopic (exact) mass is 301 g/mol. The van der Waals surface area contributed by atoms with Gasteiger partial charge in [-0.15, -0.1) is 0 Å². The van der Waals surface area contributed by atoms with Crippen molar-refractivity contribution in [2.45, 2.75) is 26.3 Å². The van der Waals surface area contributed by atoms with Crippen molar-refractivity contribution in [2.75, 3.05) is 20.3 Å². The molecule has 1 aromatic carbocycles. The van der Waals surface area contributed by atoms with E-state index in [1.165, 1.54) is 11.1 Å². The minimum atomic E-state index is 0.119. The summed E-state index contributed by atoms with van der Waals surface area (Å²) in [6.07, 6.45) is 2.87. The molecule has 0 aliphatic heterocycles. The molecule has 0 aliphatic rings. The Morgan fingerprint density at radius 1 is 1.23 bits per heavy atom. The van der Waals surface area contributed by atoms with Crippen LogP contribution < -0.4 is 0 Å². The third-order valence-corrected chi connectivity index (χ3v) is 3.59. The van der Waals surface area contributed by atoms with E-state index in [-0.39, 0.29) is 5.91 Å². The highest BCUT2D eigenvalue weighted by Gasteiger charge is 2.15. The number of carbonyl (C=O) groups is 1. The maximum atomic E-state index is 12.4. The summed E-state index contributed by atoms with van der Waals surface area (Å²) in [6, 6.07) is 12.0. The van der Waals surface area contributed by atoms with Gasteiger partial charge in [-0.2, -0.15) is 0 Å². The second-order valence-corrected chi connectivity index (χ2v) is 5.37. The van der Waals surface area contributed by atoms with Gasteiger partial charge < -0.3 is 14.1 Å². The van der Waals surface area contributed by atoms with Crippen LogP contribution in [0.2, 0.25) is 0 Å². The van der Waals surface area contributed by atoms with Gasteiger partial charge in [-0.3, -0.25) is 4.79 Å². The van der Waals surface area contributed by atoms with Crippen molar-refractivity contribution in [2.24, 2.45) is 0 Å². The van der Waals surface area contributed by atoms with Gasteiger partial charge in [0.1, 0.15) is 5.76 Å². The maximum Gasteiger partial charge on any atom is 0.223 e. The first-order valence-electron chi connectivity index (χ1n) is 7.53. The Morgan fingerprint density at radius 2 is 2.00 bits per heavy atom. The molecule has 0 spiro atoms. The summed E-state index contributed by atoms with van der Waals surface area (Å²) in [5.41, 5.74) is 2.42. The maximum absolute atomic E-state index is 12.4. The smallest absolute Gasteiger partial charge is 0.223 e. The average Bonchev–Trinajstić information content (AvgIpc) is 3.03. The van der Waals surface area contributed by atoms with Crippen molar-refractivity contribution >= 4 is 5.91 Å². The first-order chi connectivity index (χ1) is 10.7. The largest absolute Gasteiger partial charge is 0.467 e. The highest BCUT2D eigenvalue weighted by atomic mass is 16.5. The number of hydrogen-bond acceptors (Lipinski definition) is 3. The van der Waals surface area contributed by atoms with Gasteiger partial charge in [-0.25, -0.2) is 0 Å². The van der Waals surface area contributed by atoms with Crippen molar-refractivity contribution in [1.82, 2.24) is 4.90 Å². The second kappa shape index (κ2) is 8.39. The summed E-state index contributed by atoms with van der Waals surface area (Å²) in [6.45, 7) is 3.65. The van der Waals surface area contributed by atoms with Crippen LogP contribution in [0.25, 0.3) is 0 Å². The number of furan rings is 1. The van der Waals surface area contributed by atoms with E-state index in [1.54, 1.807) is 18.3 Å². The van der Waals surface area contributed by atoms with E-state index in [2.05, 4.69) is 31.2 Å². The fourth-order valence-electron chi connectivity index (χ4n) is 2.25. The molecule has 0 N–H and O–H groups in total. The van der Waals surface area contributed by atoms with Gasteiger partial charge in [0.05, 0.1) is 19.4 Å². The number of nitrogens with zero attached hydrogens (tertiary/aromatic N) is 1. The van der Waals surface area contributed by atoms with Crippen LogP contribution in [0, 0.1) is 6.92 Å². The Morgan fingerprint density at radius 3 is 2.64 bits per heavy atom. The average molecular weight is 301 g/mol. The van der Waals surface area contributed by atoms with Gasteiger partial charge in [0.25, 0.3) is 0 Å². The molecule has 0 saturated heterocycles. The van der Waals surface area contributed by atoms with Gasteiger partial charge in [-0.1, -0.05) is 29.8 Å². The molecule has 0 unspecified atom stereocenters. The topological polar surface area (TPSA) is 42.7 Å². The van der Waals surface area contributed by atoms with Crippen molar-refractivity contribution in [3.63, 3.8) is 0 Å². The highest BCUT2D eigenvalue weighted by molar-refractivity contribution is 5.76. The zero-order chi connectivity index (χ0) is 15.8. The van der Waals surface area contributed by atoms with Crippen molar-refractivity contribution in [3.05, 3.63) is 59.5 Å². The molecule has 0 bridgehead atoms. The number of benzene rings is 1. The van der Waals surface area contributed by atoms with E-state index in [4.69, 9.17) is 9.15 Å². The number of rotatable bonds is 8. The van der Waals surface area contributed by atoms with Crippen LogP contribution >= 0.6 is 0 Å². The normalized spacial score (nSPS) is 10.6. The molecule has 0 aliphatic carbocycles. The highest BCUT2D eigenvalue weighted by Crippen LogP contribution is 2.10. The van der Waals surface area contributed by atoms with Crippen LogP contribution in [-0.2, 0) is 22.5 Å². The van der Waals surface area contributed by atoms with E-state index in [1.807, 2.05) is 12.1 Å². The molecule has 4 nitrogen and oxygen atoms in total. The van der Waals surface area contributed by atoms with Crippen molar-refractivity contribution in [3.8, 4) is 0 Å². The Hall–Kier alpha value is -2.07. The first-order valence-corrected chi connectivity index (χ1v) is 7.53. The second-order valence-electron chi connectivity index (χ2n) is 5.37. The van der Waals surface area contributed by atoms with Crippen LogP contribution in [0.3, 0.4) is 0 Å². The lowest BCUT2D eigenvalue weighted by atomic mass is 10.1. The fraction of sp³-hybridized carbons (Fsp3) is 0.389. The van der Waals surface area contributed by atoms with E-state index < -0.39 is 0 Å². The SMILES string of the molecule is COCCN(Cc1ccco1)C(=O)CCc1ccc(C)cc1. The zero-order valence-electron chi connectivity index (χ0n) is 13.2. The fourth-order valence-corrected chi connectivity index (χ4v) is 2.25. The number of methoxy groups -OCH3 is 1. The van der Waals surface area contributed by atoms with Crippen LogP contribution in [-0.4, -0.2) is 31.1 Å². The molecule has 118 valence electrons. The third-order valence-electron chi connectivity index (χ3n) is 3.59. The summed E-state index contributed by atoms with van der Waals surface area (Å²) in [7, 11) is 1.64. The summed E-state index contributed by atoms with van der Waals surface area (Å²) in [4.78, 5) is 14.2. The molecule has 0 atom stereocenters. The van der Waals surface area contributed by atoms with Gasteiger partial charge in [0, 0.05) is 20.1 Å². The van der Waals surface area contributed by atoms with Gasteiger partial charge in [0.15, 0.2) is 0 Å². The van der Waals surface area contributed by atoms with Gasteiger partial charge >= 0.3 is 0 Å². The summed E-state index contributed by atoms with van der Waals surface area (Å²) in [5, 5.41) is 0. The molecular weight excluding hydrogens is 278 g/mol. The predicted molar refractivity (Wildman–Crippen MR) is 85.5 cm³/mol. The molecule has 4 heteroatoms. The summed E-state index contributed by atoms with van der Waals surface area (Å²) >= 11 is 0. The Labute approximate surface area is 131 Å². The van der Waals surface area contributed by atoms with Crippen LogP contribution in [0.1, 0.15) is 23.3 Å². The number of ether oxygens (including phenoxy) is 1. The van der Waals surface area contributed by atoms with Crippen molar-refractivity contribution in [1.29, 1.82) is 0 Å². The molecule has 1 amide bonds. The Balaban J connectivity index is 1.91. The quantitative estimate of drug-likeness (QED) is 0.752. The van der Waals surface area contributed by atoms with E-state index >= 15 is 0 Å². The molecule has 0 radical (unpaired) electrons. The summed E-state index contributed by atoms with van der Waals surface area (Å²) < 4.78 is 10.4. The predicted octanol–water partition coefficient (Wildman–Crippen LogP) is 3.20. The molecule has 0 fully saturated rings. The first kappa shape index (κ1) is 16.3. The Bertz CT molecular complexity index is 561.